The summed E-state index contributed by atoms with van der Waals surface area (Å²) < 4.78 is 27.2. The molecule has 0 spiro atoms. The molecule has 7 nitrogen and oxygen atoms in total. The highest BCUT2D eigenvalue weighted by Gasteiger charge is 2.29. The average molecular weight is 468 g/mol. The molecule has 1 unspecified atom stereocenters. The first-order valence-corrected chi connectivity index (χ1v) is 12.2. The first-order valence-electron chi connectivity index (χ1n) is 9.45. The van der Waals surface area contributed by atoms with Crippen molar-refractivity contribution >= 4 is 56.6 Å². The summed E-state index contributed by atoms with van der Waals surface area (Å²) in [6, 6.07) is 11.2. The summed E-state index contributed by atoms with van der Waals surface area (Å²) in [6.07, 6.45) is 1.57. The fourth-order valence-electron chi connectivity index (χ4n) is 2.85. The van der Waals surface area contributed by atoms with Crippen LogP contribution in [0.25, 0.3) is 0 Å². The van der Waals surface area contributed by atoms with Crippen molar-refractivity contribution in [3.63, 3.8) is 0 Å². The summed E-state index contributed by atoms with van der Waals surface area (Å²) in [6.45, 7) is 2.33. The molecule has 160 valence electrons. The summed E-state index contributed by atoms with van der Waals surface area (Å²) in [5.74, 6) is -0.657. The number of carbonyl (C=O) groups excluding carboxylic acids is 2. The van der Waals surface area contributed by atoms with Crippen molar-refractivity contribution in [1.29, 1.82) is 0 Å². The third kappa shape index (κ3) is 5.75. The van der Waals surface area contributed by atoms with Gasteiger partial charge < -0.3 is 10.6 Å². The number of halogens is 1. The standard InChI is InChI=1S/C20H22ClN3O4S2/c1-2-3-9-22-30(27,28)15-6-4-5-14(11-15)23-19(25)12-18-20(26)24-16-10-13(21)7-8-17(16)29-18/h4-8,10-11,18,22H,2-3,9,12H2,1H3,(H,23,25)(H,24,26). The van der Waals surface area contributed by atoms with Crippen LogP contribution in [-0.2, 0) is 19.6 Å². The second-order valence-electron chi connectivity index (χ2n) is 6.77. The van der Waals surface area contributed by atoms with Gasteiger partial charge in [0.15, 0.2) is 0 Å². The molecular weight excluding hydrogens is 446 g/mol. The van der Waals surface area contributed by atoms with Gasteiger partial charge >= 0.3 is 0 Å². The molecule has 30 heavy (non-hydrogen) atoms. The molecule has 0 aromatic heterocycles. The second-order valence-corrected chi connectivity index (χ2v) is 10.2. The number of benzene rings is 2. The van der Waals surface area contributed by atoms with Crippen LogP contribution in [0.3, 0.4) is 0 Å². The van der Waals surface area contributed by atoms with E-state index in [1.807, 2.05) is 6.92 Å². The Morgan fingerprint density at radius 2 is 2.03 bits per heavy atom. The molecule has 0 fully saturated rings. The van der Waals surface area contributed by atoms with E-state index in [1.165, 1.54) is 23.9 Å². The maximum Gasteiger partial charge on any atom is 0.240 e. The van der Waals surface area contributed by atoms with Crippen molar-refractivity contribution in [2.24, 2.45) is 0 Å². The zero-order valence-electron chi connectivity index (χ0n) is 16.3. The molecule has 2 aromatic rings. The van der Waals surface area contributed by atoms with E-state index >= 15 is 0 Å². The van der Waals surface area contributed by atoms with E-state index in [-0.39, 0.29) is 23.1 Å². The number of rotatable bonds is 8. The Hall–Kier alpha value is -2.07. The highest BCUT2D eigenvalue weighted by molar-refractivity contribution is 8.01. The summed E-state index contributed by atoms with van der Waals surface area (Å²) in [7, 11) is -3.64. The van der Waals surface area contributed by atoms with Gasteiger partial charge in [-0.2, -0.15) is 0 Å². The lowest BCUT2D eigenvalue weighted by atomic mass is 10.2. The van der Waals surface area contributed by atoms with Crippen LogP contribution < -0.4 is 15.4 Å². The number of sulfonamides is 1. The van der Waals surface area contributed by atoms with Crippen LogP contribution in [-0.4, -0.2) is 32.0 Å². The summed E-state index contributed by atoms with van der Waals surface area (Å²) in [5, 5.41) is 5.36. The normalized spacial score (nSPS) is 15.9. The molecule has 3 rings (SSSR count). The van der Waals surface area contributed by atoms with Gasteiger partial charge in [-0.1, -0.05) is 31.0 Å². The largest absolute Gasteiger partial charge is 0.326 e. The quantitative estimate of drug-likeness (QED) is 0.511. The van der Waals surface area contributed by atoms with Gasteiger partial charge in [0.25, 0.3) is 0 Å². The Balaban J connectivity index is 1.64. The van der Waals surface area contributed by atoms with Crippen molar-refractivity contribution in [3.05, 3.63) is 47.5 Å². The lowest BCUT2D eigenvalue weighted by Gasteiger charge is -2.23. The van der Waals surface area contributed by atoms with E-state index < -0.39 is 15.3 Å². The number of hydrogen-bond donors (Lipinski definition) is 3. The number of hydrogen-bond acceptors (Lipinski definition) is 5. The molecule has 2 amide bonds. The third-order valence-corrected chi connectivity index (χ3v) is 7.35. The maximum atomic E-state index is 12.5. The van der Waals surface area contributed by atoms with Crippen molar-refractivity contribution < 1.29 is 18.0 Å². The fourth-order valence-corrected chi connectivity index (χ4v) is 5.23. The van der Waals surface area contributed by atoms with E-state index in [0.717, 1.165) is 17.7 Å². The zero-order valence-corrected chi connectivity index (χ0v) is 18.7. The predicted molar refractivity (Wildman–Crippen MR) is 120 cm³/mol. The first-order chi connectivity index (χ1) is 14.3. The van der Waals surface area contributed by atoms with Crippen LogP contribution >= 0.6 is 23.4 Å². The lowest BCUT2D eigenvalue weighted by Crippen LogP contribution is -2.32. The Kier molecular flexibility index (Phi) is 7.41. The van der Waals surface area contributed by atoms with Crippen LogP contribution in [0, 0.1) is 0 Å². The molecule has 2 aromatic carbocycles. The fraction of sp³-hybridized carbons (Fsp3) is 0.300. The molecule has 1 heterocycles. The van der Waals surface area contributed by atoms with Crippen molar-refractivity contribution in [3.8, 4) is 0 Å². The van der Waals surface area contributed by atoms with Gasteiger partial charge in [0, 0.05) is 28.6 Å². The first kappa shape index (κ1) is 22.6. The Morgan fingerprint density at radius 1 is 1.23 bits per heavy atom. The van der Waals surface area contributed by atoms with Gasteiger partial charge in [-0.05, 0) is 42.8 Å². The number of unbranched alkanes of at least 4 members (excludes halogenated alkanes) is 1. The molecule has 1 aliphatic rings. The molecule has 10 heteroatoms. The van der Waals surface area contributed by atoms with Crippen LogP contribution in [0.4, 0.5) is 11.4 Å². The van der Waals surface area contributed by atoms with Crippen molar-refractivity contribution in [2.75, 3.05) is 17.2 Å². The Morgan fingerprint density at radius 3 is 2.80 bits per heavy atom. The molecule has 0 radical (unpaired) electrons. The van der Waals surface area contributed by atoms with Gasteiger partial charge in [-0.25, -0.2) is 13.1 Å². The molecule has 0 aliphatic carbocycles. The highest BCUT2D eigenvalue weighted by atomic mass is 35.5. The SMILES string of the molecule is CCCCNS(=O)(=O)c1cccc(NC(=O)CC2Sc3ccc(Cl)cc3NC2=O)c1. The van der Waals surface area contributed by atoms with Crippen LogP contribution in [0.2, 0.25) is 5.02 Å². The van der Waals surface area contributed by atoms with Gasteiger partial charge in [0.1, 0.15) is 0 Å². The molecular formula is C20H22ClN3O4S2. The Labute approximate surface area is 185 Å². The zero-order chi connectivity index (χ0) is 21.7. The van der Waals surface area contributed by atoms with E-state index in [1.54, 1.807) is 30.3 Å². The Bertz CT molecular complexity index is 1060. The number of anilines is 2. The summed E-state index contributed by atoms with van der Waals surface area (Å²) in [4.78, 5) is 25.7. The molecule has 0 saturated carbocycles. The van der Waals surface area contributed by atoms with Crippen molar-refractivity contribution in [2.45, 2.75) is 41.2 Å². The average Bonchev–Trinajstić information content (AvgIpc) is 2.69. The smallest absolute Gasteiger partial charge is 0.240 e. The van der Waals surface area contributed by atoms with Crippen LogP contribution in [0.15, 0.2) is 52.3 Å². The second kappa shape index (κ2) is 9.82. The van der Waals surface area contributed by atoms with E-state index in [2.05, 4.69) is 15.4 Å². The molecule has 3 N–H and O–H groups in total. The van der Waals surface area contributed by atoms with Gasteiger partial charge in [-0.15, -0.1) is 11.8 Å². The third-order valence-electron chi connectivity index (χ3n) is 4.38. The minimum absolute atomic E-state index is 0.0513. The molecule has 0 bridgehead atoms. The van der Waals surface area contributed by atoms with Crippen LogP contribution in [0.5, 0.6) is 0 Å². The van der Waals surface area contributed by atoms with Gasteiger partial charge in [0.05, 0.1) is 15.8 Å². The van der Waals surface area contributed by atoms with E-state index in [0.29, 0.717) is 22.9 Å². The number of thioether (sulfide) groups is 1. The number of amides is 2. The van der Waals surface area contributed by atoms with E-state index in [4.69, 9.17) is 11.6 Å². The predicted octanol–water partition coefficient (Wildman–Crippen LogP) is 3.86. The molecule has 1 atom stereocenters. The lowest BCUT2D eigenvalue weighted by molar-refractivity contribution is -0.120. The van der Waals surface area contributed by atoms with Crippen LogP contribution in [0.1, 0.15) is 26.2 Å². The minimum Gasteiger partial charge on any atom is -0.326 e. The number of nitrogens with one attached hydrogen (secondary N) is 3. The van der Waals surface area contributed by atoms with Gasteiger partial charge in [0.2, 0.25) is 21.8 Å². The maximum absolute atomic E-state index is 12.5. The topological polar surface area (TPSA) is 104 Å². The number of fused-ring (bicyclic) bond motifs is 1. The minimum atomic E-state index is -3.64. The summed E-state index contributed by atoms with van der Waals surface area (Å²) in [5.41, 5.74) is 0.981. The van der Waals surface area contributed by atoms with Gasteiger partial charge in [-0.3, -0.25) is 9.59 Å². The number of carbonyl (C=O) groups is 2. The molecule has 0 saturated heterocycles. The van der Waals surface area contributed by atoms with Crippen molar-refractivity contribution in [1.82, 2.24) is 4.72 Å². The monoisotopic (exact) mass is 467 g/mol. The highest BCUT2D eigenvalue weighted by Crippen LogP contribution is 2.38. The van der Waals surface area contributed by atoms with E-state index in [9.17, 15) is 18.0 Å². The molecule has 1 aliphatic heterocycles. The summed E-state index contributed by atoms with van der Waals surface area (Å²) >= 11 is 7.24.